The van der Waals surface area contributed by atoms with Gasteiger partial charge in [-0.1, -0.05) is 0 Å². The van der Waals surface area contributed by atoms with Crippen molar-refractivity contribution >= 4 is 21.6 Å². The molecule has 0 heterocycles. The Labute approximate surface area is 111 Å². The molecule has 0 atom stereocenters. The molecule has 0 spiro atoms. The maximum Gasteiger partial charge on any atom is 0.243 e. The molecular formula is C11H16FN3O3S. The van der Waals surface area contributed by atoms with Crippen molar-refractivity contribution in [3.8, 4) is 0 Å². The number of carbonyl (C=O) groups is 1. The van der Waals surface area contributed by atoms with Crippen LogP contribution in [-0.2, 0) is 14.8 Å². The number of nitrogens with zero attached hydrogens (tertiary/aromatic N) is 1. The van der Waals surface area contributed by atoms with E-state index >= 15 is 0 Å². The number of hydrogen-bond donors (Lipinski definition) is 2. The number of nitrogens with two attached hydrogens (primary N) is 1. The quantitative estimate of drug-likeness (QED) is 0.755. The molecule has 3 N–H and O–H groups in total. The fourth-order valence-electron chi connectivity index (χ4n) is 1.33. The lowest BCUT2D eigenvalue weighted by Crippen LogP contribution is -2.30. The van der Waals surface area contributed by atoms with Gasteiger partial charge in [0.25, 0.3) is 0 Å². The molecule has 0 bridgehead atoms. The zero-order valence-corrected chi connectivity index (χ0v) is 11.5. The number of sulfonamides is 1. The monoisotopic (exact) mass is 289 g/mol. The maximum atomic E-state index is 13.5. The Morgan fingerprint density at radius 1 is 1.42 bits per heavy atom. The molecule has 1 rings (SSSR count). The van der Waals surface area contributed by atoms with E-state index in [1.165, 1.54) is 11.0 Å². The second kappa shape index (κ2) is 5.98. The van der Waals surface area contributed by atoms with Crippen molar-refractivity contribution < 1.29 is 17.6 Å². The summed E-state index contributed by atoms with van der Waals surface area (Å²) in [6.07, 6.45) is 0.00280. The molecule has 1 aromatic rings. The van der Waals surface area contributed by atoms with Crippen molar-refractivity contribution in [3.05, 3.63) is 24.0 Å². The van der Waals surface area contributed by atoms with Gasteiger partial charge in [-0.3, -0.25) is 4.79 Å². The molecule has 0 saturated heterocycles. The Bertz CT molecular complexity index is 573. The molecule has 0 aliphatic carbocycles. The lowest BCUT2D eigenvalue weighted by Gasteiger charge is -2.11. The second-order valence-corrected chi connectivity index (χ2v) is 5.86. The molecule has 6 nitrogen and oxygen atoms in total. The van der Waals surface area contributed by atoms with Gasteiger partial charge in [0.2, 0.25) is 15.9 Å². The fraction of sp³-hybridized carbons (Fsp3) is 0.364. The molecule has 8 heteroatoms. The molecule has 0 saturated carbocycles. The Kier molecular flexibility index (Phi) is 4.84. The van der Waals surface area contributed by atoms with E-state index in [0.29, 0.717) is 0 Å². The fourth-order valence-corrected chi connectivity index (χ4v) is 2.42. The highest BCUT2D eigenvalue weighted by atomic mass is 32.2. The van der Waals surface area contributed by atoms with Gasteiger partial charge in [-0.2, -0.15) is 0 Å². The minimum absolute atomic E-state index is 0.00280. The molecule has 0 aliphatic rings. The van der Waals surface area contributed by atoms with Gasteiger partial charge in [-0.15, -0.1) is 0 Å². The summed E-state index contributed by atoms with van der Waals surface area (Å²) in [7, 11) is -0.848. The van der Waals surface area contributed by atoms with Crippen LogP contribution in [0.1, 0.15) is 6.42 Å². The van der Waals surface area contributed by atoms with Gasteiger partial charge in [0.05, 0.1) is 0 Å². The van der Waals surface area contributed by atoms with Gasteiger partial charge in [0.1, 0.15) is 10.7 Å². The summed E-state index contributed by atoms with van der Waals surface area (Å²) in [6, 6.07) is 3.31. The molecule has 1 amide bonds. The maximum absolute atomic E-state index is 13.5. The zero-order chi connectivity index (χ0) is 14.6. The first-order valence-corrected chi connectivity index (χ1v) is 6.97. The van der Waals surface area contributed by atoms with Crippen LogP contribution in [0.5, 0.6) is 0 Å². The summed E-state index contributed by atoms with van der Waals surface area (Å²) in [5, 5.41) is 0. The molecule has 0 radical (unpaired) electrons. The number of anilines is 1. The number of benzene rings is 1. The largest absolute Gasteiger partial charge is 0.399 e. The number of hydrogen-bond acceptors (Lipinski definition) is 4. The van der Waals surface area contributed by atoms with Crippen molar-refractivity contribution in [3.63, 3.8) is 0 Å². The average Bonchev–Trinajstić information content (AvgIpc) is 2.27. The van der Waals surface area contributed by atoms with Gasteiger partial charge in [-0.25, -0.2) is 17.5 Å². The highest BCUT2D eigenvalue weighted by Gasteiger charge is 2.19. The summed E-state index contributed by atoms with van der Waals surface area (Å²) < 4.78 is 39.2. The molecule has 0 aromatic heterocycles. The van der Waals surface area contributed by atoms with E-state index in [-0.39, 0.29) is 24.6 Å². The van der Waals surface area contributed by atoms with Crippen molar-refractivity contribution in [2.24, 2.45) is 0 Å². The first-order chi connectivity index (χ1) is 8.74. The first kappa shape index (κ1) is 15.4. The zero-order valence-electron chi connectivity index (χ0n) is 10.7. The van der Waals surface area contributed by atoms with Gasteiger partial charge in [0, 0.05) is 32.7 Å². The number of amides is 1. The minimum Gasteiger partial charge on any atom is -0.399 e. The number of carbonyl (C=O) groups excluding carboxylic acids is 1. The molecule has 106 valence electrons. The van der Waals surface area contributed by atoms with Crippen LogP contribution in [0.25, 0.3) is 0 Å². The van der Waals surface area contributed by atoms with Crippen molar-refractivity contribution in [1.29, 1.82) is 0 Å². The highest BCUT2D eigenvalue weighted by molar-refractivity contribution is 7.89. The van der Waals surface area contributed by atoms with Crippen molar-refractivity contribution in [2.45, 2.75) is 11.3 Å². The Morgan fingerprint density at radius 2 is 2.05 bits per heavy atom. The van der Waals surface area contributed by atoms with Crippen molar-refractivity contribution in [1.82, 2.24) is 9.62 Å². The lowest BCUT2D eigenvalue weighted by atomic mass is 10.3. The Morgan fingerprint density at radius 3 is 2.58 bits per heavy atom. The number of nitrogen functional groups attached to an aromatic ring is 1. The highest BCUT2D eigenvalue weighted by Crippen LogP contribution is 2.16. The van der Waals surface area contributed by atoms with E-state index in [4.69, 9.17) is 5.73 Å². The second-order valence-electron chi connectivity index (χ2n) is 4.13. The Hall–Kier alpha value is -1.67. The van der Waals surface area contributed by atoms with E-state index in [9.17, 15) is 17.6 Å². The summed E-state index contributed by atoms with van der Waals surface area (Å²) in [5.41, 5.74) is 5.48. The predicted molar refractivity (Wildman–Crippen MR) is 69.3 cm³/mol. The van der Waals surface area contributed by atoms with Crippen LogP contribution in [0.4, 0.5) is 10.1 Å². The smallest absolute Gasteiger partial charge is 0.243 e. The van der Waals surface area contributed by atoms with E-state index < -0.39 is 20.7 Å². The summed E-state index contributed by atoms with van der Waals surface area (Å²) >= 11 is 0. The van der Waals surface area contributed by atoms with Crippen LogP contribution in [0, 0.1) is 5.82 Å². The Balaban J connectivity index is 2.74. The summed E-state index contributed by atoms with van der Waals surface area (Å²) in [4.78, 5) is 12.1. The van der Waals surface area contributed by atoms with Gasteiger partial charge < -0.3 is 10.6 Å². The van der Waals surface area contributed by atoms with Crippen LogP contribution in [-0.4, -0.2) is 39.9 Å². The van der Waals surface area contributed by atoms with Gasteiger partial charge in [-0.05, 0) is 18.2 Å². The van der Waals surface area contributed by atoms with Crippen LogP contribution >= 0.6 is 0 Å². The molecular weight excluding hydrogens is 273 g/mol. The molecule has 0 unspecified atom stereocenters. The van der Waals surface area contributed by atoms with Gasteiger partial charge in [0.15, 0.2) is 0 Å². The molecule has 1 aromatic carbocycles. The van der Waals surface area contributed by atoms with Gasteiger partial charge >= 0.3 is 0 Å². The van der Waals surface area contributed by atoms with Crippen LogP contribution in [0.3, 0.4) is 0 Å². The third kappa shape index (κ3) is 4.18. The summed E-state index contributed by atoms with van der Waals surface area (Å²) in [5.74, 6) is -1.15. The van der Waals surface area contributed by atoms with E-state index in [1.54, 1.807) is 14.1 Å². The summed E-state index contributed by atoms with van der Waals surface area (Å²) in [6.45, 7) is -0.0941. The third-order valence-corrected chi connectivity index (χ3v) is 3.87. The lowest BCUT2D eigenvalue weighted by molar-refractivity contribution is -0.128. The van der Waals surface area contributed by atoms with E-state index in [1.807, 2.05) is 0 Å². The molecule has 19 heavy (non-hydrogen) atoms. The first-order valence-electron chi connectivity index (χ1n) is 5.49. The topological polar surface area (TPSA) is 92.5 Å². The standard InChI is InChI=1S/C11H16FN3O3S/c1-15(2)11(16)5-6-14-19(17,18)10-4-3-8(13)7-9(10)12/h3-4,7,14H,5-6,13H2,1-2H3. The van der Waals surface area contributed by atoms with Crippen LogP contribution in [0.15, 0.2) is 23.1 Å². The average molecular weight is 289 g/mol. The molecule has 0 fully saturated rings. The third-order valence-electron chi connectivity index (χ3n) is 2.38. The number of nitrogens with one attached hydrogen (secondary N) is 1. The van der Waals surface area contributed by atoms with Crippen molar-refractivity contribution in [2.75, 3.05) is 26.4 Å². The van der Waals surface area contributed by atoms with Crippen LogP contribution < -0.4 is 10.5 Å². The SMILES string of the molecule is CN(C)C(=O)CCNS(=O)(=O)c1ccc(N)cc1F. The van der Waals surface area contributed by atoms with Crippen LogP contribution in [0.2, 0.25) is 0 Å². The minimum atomic E-state index is -3.98. The van der Waals surface area contributed by atoms with E-state index in [2.05, 4.69) is 4.72 Å². The van der Waals surface area contributed by atoms with E-state index in [0.717, 1.165) is 12.1 Å². The normalized spacial score (nSPS) is 11.3. The number of rotatable bonds is 5. The number of halogens is 1. The predicted octanol–water partition coefficient (Wildman–Crippen LogP) is 0.164. The molecule has 0 aliphatic heterocycles.